The van der Waals surface area contributed by atoms with Gasteiger partial charge in [-0.3, -0.25) is 9.59 Å². The lowest BCUT2D eigenvalue weighted by Crippen LogP contribution is -2.50. The zero-order valence-electron chi connectivity index (χ0n) is 19.2. The first-order valence-corrected chi connectivity index (χ1v) is 11.6. The monoisotopic (exact) mass is 466 g/mol. The van der Waals surface area contributed by atoms with Crippen molar-refractivity contribution in [2.45, 2.75) is 50.2 Å². The van der Waals surface area contributed by atoms with Gasteiger partial charge in [-0.1, -0.05) is 48.5 Å². The third kappa shape index (κ3) is 5.39. The summed E-state index contributed by atoms with van der Waals surface area (Å²) in [6.07, 6.45) is 0.703. The molecule has 1 fully saturated rings. The fourth-order valence-corrected chi connectivity index (χ4v) is 4.69. The van der Waals surface area contributed by atoms with Crippen LogP contribution in [0.25, 0.3) is 11.1 Å². The van der Waals surface area contributed by atoms with E-state index in [1.807, 2.05) is 43.3 Å². The number of aliphatic carboxylic acids is 1. The van der Waals surface area contributed by atoms with Gasteiger partial charge in [0.1, 0.15) is 12.6 Å². The van der Waals surface area contributed by atoms with Crippen LogP contribution in [-0.4, -0.2) is 54.5 Å². The Morgan fingerprint density at radius 1 is 1.12 bits per heavy atom. The smallest absolute Gasteiger partial charge is 0.407 e. The predicted molar refractivity (Wildman–Crippen MR) is 125 cm³/mol. The molecule has 0 radical (unpaired) electrons. The van der Waals surface area contributed by atoms with Crippen molar-refractivity contribution in [1.82, 2.24) is 10.6 Å². The van der Waals surface area contributed by atoms with Crippen molar-refractivity contribution >= 4 is 18.0 Å². The molecule has 180 valence electrons. The van der Waals surface area contributed by atoms with E-state index in [2.05, 4.69) is 22.8 Å². The molecule has 34 heavy (non-hydrogen) atoms. The number of rotatable bonds is 9. The molecule has 0 bridgehead atoms. The highest BCUT2D eigenvalue weighted by atomic mass is 16.5. The molecule has 8 heteroatoms. The molecule has 1 aliphatic heterocycles. The van der Waals surface area contributed by atoms with Crippen molar-refractivity contribution in [3.8, 4) is 11.1 Å². The average Bonchev–Trinajstić information content (AvgIpc) is 3.40. The molecule has 2 aliphatic rings. The van der Waals surface area contributed by atoms with E-state index >= 15 is 0 Å². The van der Waals surface area contributed by atoms with Gasteiger partial charge in [0.25, 0.3) is 0 Å². The van der Waals surface area contributed by atoms with E-state index in [0.29, 0.717) is 13.2 Å². The Morgan fingerprint density at radius 2 is 1.76 bits per heavy atom. The van der Waals surface area contributed by atoms with Crippen LogP contribution in [0.1, 0.15) is 49.7 Å². The second-order valence-electron chi connectivity index (χ2n) is 9.07. The summed E-state index contributed by atoms with van der Waals surface area (Å²) in [6.45, 7) is 2.97. The average molecular weight is 467 g/mol. The number of hydrogen-bond acceptors (Lipinski definition) is 5. The van der Waals surface area contributed by atoms with Gasteiger partial charge in [-0.25, -0.2) is 4.79 Å². The Bertz CT molecular complexity index is 1020. The Kier molecular flexibility index (Phi) is 7.17. The number of carbonyl (C=O) groups is 3. The number of ether oxygens (including phenoxy) is 2. The topological polar surface area (TPSA) is 114 Å². The van der Waals surface area contributed by atoms with Crippen molar-refractivity contribution < 1.29 is 29.0 Å². The van der Waals surface area contributed by atoms with E-state index in [1.54, 1.807) is 0 Å². The maximum Gasteiger partial charge on any atom is 0.407 e. The Hall–Kier alpha value is -3.39. The maximum absolute atomic E-state index is 12.7. The predicted octanol–water partition coefficient (Wildman–Crippen LogP) is 3.44. The summed E-state index contributed by atoms with van der Waals surface area (Å²) in [5.41, 5.74) is 3.96. The van der Waals surface area contributed by atoms with Crippen molar-refractivity contribution in [2.75, 3.05) is 19.8 Å². The summed E-state index contributed by atoms with van der Waals surface area (Å²) >= 11 is 0. The fraction of sp³-hybridized carbons (Fsp3) is 0.423. The Balaban J connectivity index is 1.38. The number of hydrogen-bond donors (Lipinski definition) is 3. The molecular weight excluding hydrogens is 436 g/mol. The molecule has 2 unspecified atom stereocenters. The number of carboxylic acid groups (broad SMARTS) is 1. The standard InChI is InChI=1S/C26H30N2O6/c1-26(13-6-14-34-26)16-27-24(31)22(11-12-23(29)30)28-25(32)33-15-21-19-9-4-2-7-17(19)18-8-3-5-10-20(18)21/h2-5,7-10,21-22H,6,11-16H2,1H3,(H,27,31)(H,28,32)(H,29,30). The van der Waals surface area contributed by atoms with Gasteiger partial charge in [0.15, 0.2) is 0 Å². The van der Waals surface area contributed by atoms with Gasteiger partial charge in [-0.2, -0.15) is 0 Å². The van der Waals surface area contributed by atoms with Crippen LogP contribution >= 0.6 is 0 Å². The lowest BCUT2D eigenvalue weighted by atomic mass is 9.98. The number of carbonyl (C=O) groups excluding carboxylic acids is 2. The Morgan fingerprint density at radius 3 is 2.35 bits per heavy atom. The molecule has 1 saturated heterocycles. The number of nitrogens with one attached hydrogen (secondary N) is 2. The third-order valence-corrected chi connectivity index (χ3v) is 6.54. The van der Waals surface area contributed by atoms with E-state index in [1.165, 1.54) is 0 Å². The molecule has 1 heterocycles. The Labute approximate surface area is 198 Å². The fourth-order valence-electron chi connectivity index (χ4n) is 4.69. The van der Waals surface area contributed by atoms with Crippen LogP contribution < -0.4 is 10.6 Å². The van der Waals surface area contributed by atoms with E-state index in [0.717, 1.165) is 35.1 Å². The van der Waals surface area contributed by atoms with Crippen LogP contribution in [0.3, 0.4) is 0 Å². The van der Waals surface area contributed by atoms with Crippen LogP contribution in [0, 0.1) is 0 Å². The first-order chi connectivity index (χ1) is 16.4. The molecule has 2 atom stereocenters. The molecule has 1 aliphatic carbocycles. The van der Waals surface area contributed by atoms with Gasteiger partial charge >= 0.3 is 12.1 Å². The lowest BCUT2D eigenvalue weighted by Gasteiger charge is -2.25. The van der Waals surface area contributed by atoms with Crippen LogP contribution in [0.15, 0.2) is 48.5 Å². The highest BCUT2D eigenvalue weighted by Crippen LogP contribution is 2.44. The third-order valence-electron chi connectivity index (χ3n) is 6.54. The first-order valence-electron chi connectivity index (χ1n) is 11.6. The second kappa shape index (κ2) is 10.3. The zero-order valence-corrected chi connectivity index (χ0v) is 19.2. The van der Waals surface area contributed by atoms with Crippen molar-refractivity contribution in [2.24, 2.45) is 0 Å². The number of benzene rings is 2. The number of alkyl carbamates (subject to hydrolysis) is 1. The maximum atomic E-state index is 12.7. The number of fused-ring (bicyclic) bond motifs is 3. The summed E-state index contributed by atoms with van der Waals surface area (Å²) < 4.78 is 11.2. The zero-order chi connectivity index (χ0) is 24.1. The van der Waals surface area contributed by atoms with Crippen LogP contribution in [0.5, 0.6) is 0 Å². The second-order valence-corrected chi connectivity index (χ2v) is 9.07. The first kappa shape index (κ1) is 23.8. The van der Waals surface area contributed by atoms with Gasteiger partial charge < -0.3 is 25.2 Å². The molecule has 0 spiro atoms. The SMILES string of the molecule is CC1(CNC(=O)C(CCC(=O)O)NC(=O)OCC2c3ccccc3-c3ccccc32)CCCO1. The summed E-state index contributed by atoms with van der Waals surface area (Å²) in [6, 6.07) is 15.0. The molecule has 0 saturated carbocycles. The van der Waals surface area contributed by atoms with Gasteiger partial charge in [-0.15, -0.1) is 0 Å². The molecule has 2 aromatic rings. The van der Waals surface area contributed by atoms with Crippen LogP contribution in [-0.2, 0) is 19.1 Å². The van der Waals surface area contributed by atoms with Gasteiger partial charge in [0.2, 0.25) is 5.91 Å². The molecule has 8 nitrogen and oxygen atoms in total. The molecule has 2 aromatic carbocycles. The van der Waals surface area contributed by atoms with Crippen LogP contribution in [0.2, 0.25) is 0 Å². The van der Waals surface area contributed by atoms with Gasteiger partial charge in [0.05, 0.1) is 5.60 Å². The lowest BCUT2D eigenvalue weighted by molar-refractivity contribution is -0.137. The summed E-state index contributed by atoms with van der Waals surface area (Å²) in [5.74, 6) is -1.60. The largest absolute Gasteiger partial charge is 0.481 e. The molecule has 4 rings (SSSR count). The van der Waals surface area contributed by atoms with Crippen molar-refractivity contribution in [3.63, 3.8) is 0 Å². The van der Waals surface area contributed by atoms with Crippen LogP contribution in [0.4, 0.5) is 4.79 Å². The van der Waals surface area contributed by atoms with E-state index < -0.39 is 29.6 Å². The van der Waals surface area contributed by atoms with Gasteiger partial charge in [-0.05, 0) is 48.4 Å². The van der Waals surface area contributed by atoms with E-state index in [-0.39, 0.29) is 25.4 Å². The minimum absolute atomic E-state index is 0.0388. The van der Waals surface area contributed by atoms with E-state index in [9.17, 15) is 14.4 Å². The molecular formula is C26H30N2O6. The summed E-state index contributed by atoms with van der Waals surface area (Å²) in [5, 5.41) is 14.4. The summed E-state index contributed by atoms with van der Waals surface area (Å²) in [7, 11) is 0. The van der Waals surface area contributed by atoms with Crippen molar-refractivity contribution in [1.29, 1.82) is 0 Å². The van der Waals surface area contributed by atoms with Gasteiger partial charge in [0, 0.05) is 25.5 Å². The molecule has 0 aromatic heterocycles. The normalized spacial score (nSPS) is 19.7. The quantitative estimate of drug-likeness (QED) is 0.522. The van der Waals surface area contributed by atoms with Crippen molar-refractivity contribution in [3.05, 3.63) is 59.7 Å². The number of carboxylic acids is 1. The summed E-state index contributed by atoms with van der Waals surface area (Å²) in [4.78, 5) is 36.4. The minimum atomic E-state index is -1.04. The minimum Gasteiger partial charge on any atom is -0.481 e. The molecule has 2 amide bonds. The molecule has 3 N–H and O–H groups in total. The highest BCUT2D eigenvalue weighted by molar-refractivity contribution is 5.86. The number of amides is 2. The van der Waals surface area contributed by atoms with E-state index in [4.69, 9.17) is 14.6 Å². The highest BCUT2D eigenvalue weighted by Gasteiger charge is 2.32.